The summed E-state index contributed by atoms with van der Waals surface area (Å²) < 4.78 is 40.6. The first-order chi connectivity index (χ1) is 12.7. The van der Waals surface area contributed by atoms with E-state index in [2.05, 4.69) is 9.72 Å². The second kappa shape index (κ2) is 8.33. The van der Waals surface area contributed by atoms with E-state index in [1.807, 2.05) is 35.2 Å². The molecule has 0 atom stereocenters. The molecule has 0 aliphatic rings. The Morgan fingerprint density at radius 2 is 1.88 bits per heavy atom. The Bertz CT molecular complexity index is 811. The van der Waals surface area contributed by atoms with Crippen molar-refractivity contribution in [2.75, 3.05) is 11.5 Å². The summed E-state index contributed by atoms with van der Waals surface area (Å²) >= 11 is 0. The first kappa shape index (κ1) is 17.7. The molecule has 5 nitrogen and oxygen atoms in total. The molecule has 1 aromatic heterocycles. The number of aromatic nitrogens is 1. The molecule has 0 radical (unpaired) electrons. The van der Waals surface area contributed by atoms with Crippen LogP contribution in [-0.4, -0.2) is 18.2 Å². The Morgan fingerprint density at radius 3 is 2.54 bits per heavy atom. The maximum absolute atomic E-state index is 12.6. The van der Waals surface area contributed by atoms with Gasteiger partial charge >= 0.3 is 6.61 Å². The molecule has 0 N–H and O–H groups in total. The highest BCUT2D eigenvalue weighted by Gasteiger charge is 2.17. The number of oxazole rings is 1. The molecule has 0 unspecified atom stereocenters. The van der Waals surface area contributed by atoms with E-state index in [4.69, 9.17) is 9.15 Å². The maximum Gasteiger partial charge on any atom is 0.387 e. The normalized spacial score (nSPS) is 10.8. The third kappa shape index (κ3) is 4.30. The number of anilines is 2. The van der Waals surface area contributed by atoms with Crippen LogP contribution in [0, 0.1) is 0 Å². The molecule has 2 aromatic carbocycles. The third-order valence-electron chi connectivity index (χ3n) is 3.62. The molecule has 0 saturated carbocycles. The van der Waals surface area contributed by atoms with E-state index in [0.29, 0.717) is 18.9 Å². The minimum absolute atomic E-state index is 0.00160. The average Bonchev–Trinajstić information content (AvgIpc) is 3.15. The van der Waals surface area contributed by atoms with Crippen molar-refractivity contribution < 1.29 is 22.7 Å². The van der Waals surface area contributed by atoms with Gasteiger partial charge in [-0.3, -0.25) is 0 Å². The molecule has 3 aromatic rings. The highest BCUT2D eigenvalue weighted by molar-refractivity contribution is 5.66. The van der Waals surface area contributed by atoms with Crippen LogP contribution in [0.5, 0.6) is 11.5 Å². The summed E-state index contributed by atoms with van der Waals surface area (Å²) in [6.45, 7) is -0.386. The largest absolute Gasteiger partial charge is 0.490 e. The highest BCUT2D eigenvalue weighted by atomic mass is 19.3. The van der Waals surface area contributed by atoms with Gasteiger partial charge in [0.1, 0.15) is 5.76 Å². The Kier molecular flexibility index (Phi) is 5.68. The number of rotatable bonds is 8. The zero-order chi connectivity index (χ0) is 18.4. The van der Waals surface area contributed by atoms with Gasteiger partial charge in [-0.25, -0.2) is 4.98 Å². The van der Waals surface area contributed by atoms with Crippen molar-refractivity contribution in [1.82, 2.24) is 4.98 Å². The Hall–Kier alpha value is -3.09. The lowest BCUT2D eigenvalue weighted by Crippen LogP contribution is -2.16. The van der Waals surface area contributed by atoms with E-state index in [1.165, 1.54) is 12.5 Å². The lowest BCUT2D eigenvalue weighted by molar-refractivity contribution is -0.0514. The lowest BCUT2D eigenvalue weighted by atomic mass is 10.2. The minimum atomic E-state index is -2.92. The predicted molar refractivity (Wildman–Crippen MR) is 93.0 cm³/mol. The molecule has 1 heterocycles. The molecule has 3 rings (SSSR count). The molecule has 136 valence electrons. The van der Waals surface area contributed by atoms with Crippen LogP contribution in [-0.2, 0) is 6.54 Å². The molecule has 0 fully saturated rings. The summed E-state index contributed by atoms with van der Waals surface area (Å²) in [7, 11) is 0. The van der Waals surface area contributed by atoms with Crippen molar-refractivity contribution in [2.45, 2.75) is 20.1 Å². The van der Waals surface area contributed by atoms with E-state index in [1.54, 1.807) is 25.3 Å². The second-order valence-electron chi connectivity index (χ2n) is 5.33. The van der Waals surface area contributed by atoms with Crippen LogP contribution in [0.3, 0.4) is 0 Å². The van der Waals surface area contributed by atoms with Crippen molar-refractivity contribution in [2.24, 2.45) is 0 Å². The standard InChI is InChI=1S/C19H18F2N2O3/c1-2-24-18-10-15(8-9-17(18)26-19(20)21)23(12-16-11-22-13-25-16)14-6-4-3-5-7-14/h3-11,13,19H,2,12H2,1H3. The van der Waals surface area contributed by atoms with Crippen LogP contribution >= 0.6 is 0 Å². The van der Waals surface area contributed by atoms with Gasteiger partial charge in [-0.15, -0.1) is 0 Å². The van der Waals surface area contributed by atoms with E-state index in [-0.39, 0.29) is 11.5 Å². The Balaban J connectivity index is 1.98. The molecule has 0 spiro atoms. The summed E-state index contributed by atoms with van der Waals surface area (Å²) in [6, 6.07) is 14.5. The molecular formula is C19H18F2N2O3. The Morgan fingerprint density at radius 1 is 1.08 bits per heavy atom. The van der Waals surface area contributed by atoms with E-state index in [9.17, 15) is 8.78 Å². The van der Waals surface area contributed by atoms with Gasteiger partial charge in [0.25, 0.3) is 0 Å². The molecule has 0 aliphatic carbocycles. The summed E-state index contributed by atoms with van der Waals surface area (Å²) in [5, 5.41) is 0. The molecule has 26 heavy (non-hydrogen) atoms. The number of ether oxygens (including phenoxy) is 2. The number of nitrogens with zero attached hydrogens (tertiary/aromatic N) is 2. The number of alkyl halides is 2. The van der Waals surface area contributed by atoms with Crippen LogP contribution < -0.4 is 14.4 Å². The Labute approximate surface area is 149 Å². The highest BCUT2D eigenvalue weighted by Crippen LogP contribution is 2.36. The summed E-state index contributed by atoms with van der Waals surface area (Å²) in [5.41, 5.74) is 1.66. The lowest BCUT2D eigenvalue weighted by Gasteiger charge is -2.25. The fraction of sp³-hybridized carbons (Fsp3) is 0.211. The monoisotopic (exact) mass is 360 g/mol. The zero-order valence-electron chi connectivity index (χ0n) is 14.1. The summed E-state index contributed by atoms with van der Waals surface area (Å²) in [5.74, 6) is 0.918. The van der Waals surface area contributed by atoms with Crippen molar-refractivity contribution in [3.63, 3.8) is 0 Å². The van der Waals surface area contributed by atoms with Crippen molar-refractivity contribution in [1.29, 1.82) is 0 Å². The van der Waals surface area contributed by atoms with Crippen molar-refractivity contribution >= 4 is 11.4 Å². The quantitative estimate of drug-likeness (QED) is 0.565. The SMILES string of the molecule is CCOc1cc(N(Cc2cnco2)c2ccccc2)ccc1OC(F)F. The first-order valence-corrected chi connectivity index (χ1v) is 8.09. The van der Waals surface area contributed by atoms with Crippen LogP contribution in [0.1, 0.15) is 12.7 Å². The van der Waals surface area contributed by atoms with Gasteiger partial charge < -0.3 is 18.8 Å². The van der Waals surface area contributed by atoms with Gasteiger partial charge in [-0.2, -0.15) is 8.78 Å². The van der Waals surface area contributed by atoms with Crippen molar-refractivity contribution in [3.8, 4) is 11.5 Å². The number of hydrogen-bond donors (Lipinski definition) is 0. The molecule has 0 amide bonds. The van der Waals surface area contributed by atoms with Crippen LogP contribution in [0.15, 0.2) is 65.5 Å². The molecular weight excluding hydrogens is 342 g/mol. The van der Waals surface area contributed by atoms with E-state index >= 15 is 0 Å². The zero-order valence-corrected chi connectivity index (χ0v) is 14.1. The van der Waals surface area contributed by atoms with Crippen LogP contribution in [0.4, 0.5) is 20.2 Å². The second-order valence-corrected chi connectivity index (χ2v) is 5.33. The average molecular weight is 360 g/mol. The number of halogens is 2. The van der Waals surface area contributed by atoms with E-state index < -0.39 is 6.61 Å². The summed E-state index contributed by atoms with van der Waals surface area (Å²) in [4.78, 5) is 5.90. The fourth-order valence-corrected chi connectivity index (χ4v) is 2.54. The predicted octanol–water partition coefficient (Wildman–Crippen LogP) is 5.01. The van der Waals surface area contributed by atoms with Gasteiger partial charge in [-0.05, 0) is 31.2 Å². The topological polar surface area (TPSA) is 47.7 Å². The first-order valence-electron chi connectivity index (χ1n) is 8.09. The van der Waals surface area contributed by atoms with Gasteiger partial charge in [0.05, 0.1) is 19.3 Å². The molecule has 0 bridgehead atoms. The van der Waals surface area contributed by atoms with Gasteiger partial charge in [-0.1, -0.05) is 18.2 Å². The van der Waals surface area contributed by atoms with E-state index in [0.717, 1.165) is 11.4 Å². The fourth-order valence-electron chi connectivity index (χ4n) is 2.54. The molecule has 7 heteroatoms. The number of hydrogen-bond acceptors (Lipinski definition) is 5. The smallest absolute Gasteiger partial charge is 0.387 e. The molecule has 0 saturated heterocycles. The van der Waals surface area contributed by atoms with Crippen molar-refractivity contribution in [3.05, 3.63) is 66.9 Å². The third-order valence-corrected chi connectivity index (χ3v) is 3.62. The van der Waals surface area contributed by atoms with Crippen LogP contribution in [0.25, 0.3) is 0 Å². The number of benzene rings is 2. The van der Waals surface area contributed by atoms with Crippen LogP contribution in [0.2, 0.25) is 0 Å². The summed E-state index contributed by atoms with van der Waals surface area (Å²) in [6.07, 6.45) is 3.00. The van der Waals surface area contributed by atoms with Gasteiger partial charge in [0.2, 0.25) is 0 Å². The minimum Gasteiger partial charge on any atom is -0.490 e. The van der Waals surface area contributed by atoms with Gasteiger partial charge in [0.15, 0.2) is 17.9 Å². The number of para-hydroxylation sites is 1. The maximum atomic E-state index is 12.6. The molecule has 0 aliphatic heterocycles. The van der Waals surface area contributed by atoms with Gasteiger partial charge in [0, 0.05) is 17.4 Å².